The third kappa shape index (κ3) is 2.15. The van der Waals surface area contributed by atoms with Crippen LogP contribution in [0.25, 0.3) is 11.0 Å². The van der Waals surface area contributed by atoms with E-state index >= 15 is 0 Å². The van der Waals surface area contributed by atoms with Crippen molar-refractivity contribution in [2.45, 2.75) is 27.3 Å². The van der Waals surface area contributed by atoms with Crippen LogP contribution < -0.4 is 5.32 Å². The second-order valence-electron chi connectivity index (χ2n) is 5.18. The number of aromatic amines is 1. The third-order valence-electron chi connectivity index (χ3n) is 3.73. The van der Waals surface area contributed by atoms with Crippen LogP contribution in [0.3, 0.4) is 0 Å². The molecule has 5 heteroatoms. The lowest BCUT2D eigenvalue weighted by Gasteiger charge is -2.07. The van der Waals surface area contributed by atoms with E-state index in [0.717, 1.165) is 34.8 Å². The summed E-state index contributed by atoms with van der Waals surface area (Å²) in [5.41, 5.74) is 6.69. The highest BCUT2D eigenvalue weighted by atomic mass is 15.3. The van der Waals surface area contributed by atoms with E-state index in [1.807, 2.05) is 31.6 Å². The fourth-order valence-corrected chi connectivity index (χ4v) is 2.51. The fourth-order valence-electron chi connectivity index (χ4n) is 2.51. The van der Waals surface area contributed by atoms with Gasteiger partial charge < -0.3 is 10.3 Å². The predicted octanol–water partition coefficient (Wildman–Crippen LogP) is 2.83. The fraction of sp³-hybridized carbons (Fsp3) is 0.333. The summed E-state index contributed by atoms with van der Waals surface area (Å²) < 4.78 is 1.92. The number of fused-ring (bicyclic) bond motifs is 1. The summed E-state index contributed by atoms with van der Waals surface area (Å²) in [6.45, 7) is 6.89. The maximum Gasteiger partial charge on any atom is 0.104 e. The lowest BCUT2D eigenvalue weighted by molar-refractivity contribution is 0.730. The Morgan fingerprint density at radius 3 is 2.75 bits per heavy atom. The molecule has 0 amide bonds. The number of hydrogen-bond acceptors (Lipinski definition) is 3. The van der Waals surface area contributed by atoms with Crippen LogP contribution in [0.4, 0.5) is 5.69 Å². The van der Waals surface area contributed by atoms with E-state index in [4.69, 9.17) is 0 Å². The van der Waals surface area contributed by atoms with Crippen LogP contribution in [-0.2, 0) is 13.6 Å². The number of anilines is 1. The molecule has 0 radical (unpaired) electrons. The zero-order chi connectivity index (χ0) is 14.3. The molecule has 0 spiro atoms. The largest absolute Gasteiger partial charge is 0.381 e. The monoisotopic (exact) mass is 269 g/mol. The molecule has 20 heavy (non-hydrogen) atoms. The van der Waals surface area contributed by atoms with Crippen LogP contribution in [0.1, 0.15) is 22.8 Å². The maximum absolute atomic E-state index is 4.44. The molecule has 2 N–H and O–H groups in total. The summed E-state index contributed by atoms with van der Waals surface area (Å²) >= 11 is 0. The number of aryl methyl sites for hydroxylation is 3. The number of nitrogens with one attached hydrogen (secondary N) is 2. The van der Waals surface area contributed by atoms with E-state index in [1.165, 1.54) is 11.3 Å². The van der Waals surface area contributed by atoms with Gasteiger partial charge in [-0.1, -0.05) is 0 Å². The van der Waals surface area contributed by atoms with Gasteiger partial charge in [0.05, 0.1) is 16.7 Å². The molecule has 104 valence electrons. The first kappa shape index (κ1) is 12.7. The average Bonchev–Trinajstić information content (AvgIpc) is 2.87. The predicted molar refractivity (Wildman–Crippen MR) is 80.8 cm³/mol. The molecule has 0 saturated carbocycles. The van der Waals surface area contributed by atoms with Crippen molar-refractivity contribution in [1.82, 2.24) is 19.7 Å². The van der Waals surface area contributed by atoms with Crippen LogP contribution >= 0.6 is 0 Å². The molecule has 3 aromatic rings. The lowest BCUT2D eigenvalue weighted by atomic mass is 10.2. The van der Waals surface area contributed by atoms with E-state index in [0.29, 0.717) is 0 Å². The van der Waals surface area contributed by atoms with Gasteiger partial charge in [0.25, 0.3) is 0 Å². The minimum absolute atomic E-state index is 0.782. The summed E-state index contributed by atoms with van der Waals surface area (Å²) in [7, 11) is 1.98. The van der Waals surface area contributed by atoms with Gasteiger partial charge in [-0.2, -0.15) is 5.10 Å². The van der Waals surface area contributed by atoms with E-state index in [9.17, 15) is 0 Å². The molecular formula is C15H19N5. The van der Waals surface area contributed by atoms with Crippen molar-refractivity contribution in [2.24, 2.45) is 7.05 Å². The number of aromatic nitrogens is 4. The molecule has 3 rings (SSSR count). The Hall–Kier alpha value is -2.30. The van der Waals surface area contributed by atoms with E-state index in [1.54, 1.807) is 0 Å². The first-order valence-corrected chi connectivity index (χ1v) is 6.74. The molecule has 1 aromatic carbocycles. The molecule has 0 aliphatic heterocycles. The lowest BCUT2D eigenvalue weighted by Crippen LogP contribution is -2.02. The van der Waals surface area contributed by atoms with Crippen molar-refractivity contribution < 1.29 is 0 Å². The van der Waals surface area contributed by atoms with Crippen molar-refractivity contribution in [3.63, 3.8) is 0 Å². The molecule has 0 saturated heterocycles. The SMILES string of the molecule is Cc1nc2ccc(NCc3c(C)nn(C)c3C)cc2[nH]1. The number of H-pyrrole nitrogens is 1. The Morgan fingerprint density at radius 2 is 2.05 bits per heavy atom. The summed E-state index contributed by atoms with van der Waals surface area (Å²) in [6, 6.07) is 6.18. The topological polar surface area (TPSA) is 58.5 Å². The summed E-state index contributed by atoms with van der Waals surface area (Å²) in [5, 5.41) is 7.89. The van der Waals surface area contributed by atoms with Gasteiger partial charge in [-0.15, -0.1) is 0 Å². The molecule has 0 aliphatic rings. The number of benzene rings is 1. The minimum Gasteiger partial charge on any atom is -0.381 e. The molecule has 5 nitrogen and oxygen atoms in total. The Balaban J connectivity index is 1.82. The Labute approximate surface area is 118 Å². The van der Waals surface area contributed by atoms with Crippen LogP contribution in [-0.4, -0.2) is 19.7 Å². The van der Waals surface area contributed by atoms with Crippen LogP contribution in [0.15, 0.2) is 18.2 Å². The van der Waals surface area contributed by atoms with Crippen molar-refractivity contribution in [1.29, 1.82) is 0 Å². The van der Waals surface area contributed by atoms with Gasteiger partial charge >= 0.3 is 0 Å². The van der Waals surface area contributed by atoms with Gasteiger partial charge in [-0.05, 0) is 39.0 Å². The van der Waals surface area contributed by atoms with E-state index in [-0.39, 0.29) is 0 Å². The van der Waals surface area contributed by atoms with E-state index in [2.05, 4.69) is 39.4 Å². The minimum atomic E-state index is 0.782. The van der Waals surface area contributed by atoms with Crippen molar-refractivity contribution >= 4 is 16.7 Å². The van der Waals surface area contributed by atoms with Gasteiger partial charge in [0.2, 0.25) is 0 Å². The zero-order valence-electron chi connectivity index (χ0n) is 12.3. The third-order valence-corrected chi connectivity index (χ3v) is 3.73. The number of imidazole rings is 1. The van der Waals surface area contributed by atoms with Gasteiger partial charge in [-0.25, -0.2) is 4.98 Å². The Kier molecular flexibility index (Phi) is 2.97. The van der Waals surface area contributed by atoms with Crippen molar-refractivity contribution in [3.05, 3.63) is 41.0 Å². The van der Waals surface area contributed by atoms with Gasteiger partial charge in [0.1, 0.15) is 5.82 Å². The van der Waals surface area contributed by atoms with E-state index < -0.39 is 0 Å². The summed E-state index contributed by atoms with van der Waals surface area (Å²) in [5.74, 6) is 0.941. The Morgan fingerprint density at radius 1 is 1.25 bits per heavy atom. The van der Waals surface area contributed by atoms with Crippen LogP contribution in [0, 0.1) is 20.8 Å². The average molecular weight is 269 g/mol. The number of nitrogens with zero attached hydrogens (tertiary/aromatic N) is 3. The molecule has 0 bridgehead atoms. The maximum atomic E-state index is 4.44. The first-order chi connectivity index (χ1) is 9.54. The zero-order valence-corrected chi connectivity index (χ0v) is 12.3. The summed E-state index contributed by atoms with van der Waals surface area (Å²) in [6.07, 6.45) is 0. The van der Waals surface area contributed by atoms with Crippen LogP contribution in [0.5, 0.6) is 0 Å². The second-order valence-corrected chi connectivity index (χ2v) is 5.18. The number of rotatable bonds is 3. The van der Waals surface area contributed by atoms with Gasteiger partial charge in [-0.3, -0.25) is 4.68 Å². The van der Waals surface area contributed by atoms with Crippen LogP contribution in [0.2, 0.25) is 0 Å². The smallest absolute Gasteiger partial charge is 0.104 e. The number of hydrogen-bond donors (Lipinski definition) is 2. The highest BCUT2D eigenvalue weighted by Gasteiger charge is 2.09. The highest BCUT2D eigenvalue weighted by molar-refractivity contribution is 5.79. The molecule has 0 atom stereocenters. The molecule has 2 heterocycles. The molecule has 0 unspecified atom stereocenters. The molecular weight excluding hydrogens is 250 g/mol. The Bertz CT molecular complexity index is 766. The molecule has 2 aromatic heterocycles. The second kappa shape index (κ2) is 4.67. The van der Waals surface area contributed by atoms with Gasteiger partial charge in [0.15, 0.2) is 0 Å². The van der Waals surface area contributed by atoms with Crippen molar-refractivity contribution in [3.8, 4) is 0 Å². The standard InChI is InChI=1S/C15H19N5/c1-9-13(10(2)20(4)19-9)8-16-12-5-6-14-15(7-12)18-11(3)17-14/h5-7,16H,8H2,1-4H3,(H,17,18). The quantitative estimate of drug-likeness (QED) is 0.768. The highest BCUT2D eigenvalue weighted by Crippen LogP contribution is 2.19. The normalized spacial score (nSPS) is 11.2. The molecule has 0 fully saturated rings. The summed E-state index contributed by atoms with van der Waals surface area (Å²) in [4.78, 5) is 7.66. The molecule has 0 aliphatic carbocycles. The first-order valence-electron chi connectivity index (χ1n) is 6.74. The van der Waals surface area contributed by atoms with Gasteiger partial charge in [0, 0.05) is 30.5 Å². The van der Waals surface area contributed by atoms with Crippen molar-refractivity contribution in [2.75, 3.05) is 5.32 Å².